The van der Waals surface area contributed by atoms with Crippen molar-refractivity contribution in [1.29, 1.82) is 0 Å². The van der Waals surface area contributed by atoms with Crippen LogP contribution in [0.15, 0.2) is 35.3 Å². The number of anilines is 1. The number of carbonyl (C=O) groups is 2. The van der Waals surface area contributed by atoms with E-state index < -0.39 is 0 Å². The number of nitrogens with one attached hydrogen (secondary N) is 2. The zero-order chi connectivity index (χ0) is 13.5. The Morgan fingerprint density at radius 2 is 2.11 bits per heavy atom. The van der Waals surface area contributed by atoms with E-state index in [0.29, 0.717) is 12.2 Å². The number of amides is 2. The Balaban J connectivity index is 2.54. The first kappa shape index (κ1) is 14.4. The summed E-state index contributed by atoms with van der Waals surface area (Å²) in [5.74, 6) is -0.670. The van der Waals surface area contributed by atoms with Crippen LogP contribution in [-0.4, -0.2) is 18.4 Å². The molecule has 0 saturated carbocycles. The quantitative estimate of drug-likeness (QED) is 0.648. The summed E-state index contributed by atoms with van der Waals surface area (Å²) in [6, 6.07) is 5.57. The third kappa shape index (κ3) is 4.71. The Hall–Kier alpha value is -1.62. The Labute approximate surface area is 115 Å². The van der Waals surface area contributed by atoms with Gasteiger partial charge in [0, 0.05) is 11.0 Å². The van der Waals surface area contributed by atoms with Gasteiger partial charge in [0.2, 0.25) is 11.8 Å². The number of hydrogen-bond donors (Lipinski definition) is 2. The molecule has 0 saturated heterocycles. The van der Waals surface area contributed by atoms with E-state index >= 15 is 0 Å². The molecule has 2 N–H and O–H groups in total. The lowest BCUT2D eigenvalue weighted by atomic mass is 10.2. The summed E-state index contributed by atoms with van der Waals surface area (Å²) in [5.41, 5.74) is 1.74. The van der Waals surface area contributed by atoms with Gasteiger partial charge in [0.1, 0.15) is 6.42 Å². The minimum absolute atomic E-state index is 0.200. The zero-order valence-corrected chi connectivity index (χ0v) is 11.7. The molecule has 2 amide bonds. The summed E-state index contributed by atoms with van der Waals surface area (Å²) < 4.78 is 0.794. The van der Waals surface area contributed by atoms with Crippen LogP contribution < -0.4 is 10.6 Å². The van der Waals surface area contributed by atoms with Crippen molar-refractivity contribution in [2.45, 2.75) is 13.3 Å². The van der Waals surface area contributed by atoms with Crippen molar-refractivity contribution in [2.75, 3.05) is 11.9 Å². The van der Waals surface area contributed by atoms with Crippen LogP contribution >= 0.6 is 15.9 Å². The van der Waals surface area contributed by atoms with Crippen LogP contribution in [0, 0.1) is 6.92 Å². The number of benzene rings is 1. The third-order valence-electron chi connectivity index (χ3n) is 2.16. The zero-order valence-electron chi connectivity index (χ0n) is 10.1. The Bertz CT molecular complexity index is 472. The van der Waals surface area contributed by atoms with Crippen LogP contribution in [0.1, 0.15) is 12.0 Å². The summed E-state index contributed by atoms with van der Waals surface area (Å²) in [4.78, 5) is 22.9. The van der Waals surface area contributed by atoms with Crippen molar-refractivity contribution in [3.63, 3.8) is 0 Å². The van der Waals surface area contributed by atoms with E-state index in [1.807, 2.05) is 19.1 Å². The molecule has 4 nitrogen and oxygen atoms in total. The number of aryl methyl sites for hydroxylation is 1. The van der Waals surface area contributed by atoms with Crippen molar-refractivity contribution >= 4 is 33.4 Å². The SMILES string of the molecule is C=CCNC(=O)CC(=O)Nc1ccc(C)cc1Br. The molecule has 18 heavy (non-hydrogen) atoms. The lowest BCUT2D eigenvalue weighted by molar-refractivity contribution is -0.126. The number of carbonyl (C=O) groups excluding carboxylic acids is 2. The van der Waals surface area contributed by atoms with Gasteiger partial charge in [-0.15, -0.1) is 6.58 Å². The van der Waals surface area contributed by atoms with Gasteiger partial charge in [0.05, 0.1) is 5.69 Å². The average Bonchev–Trinajstić information content (AvgIpc) is 2.30. The normalized spacial score (nSPS) is 9.67. The maximum atomic E-state index is 11.6. The molecule has 0 aliphatic carbocycles. The van der Waals surface area contributed by atoms with Crippen molar-refractivity contribution in [1.82, 2.24) is 5.32 Å². The van der Waals surface area contributed by atoms with Crippen molar-refractivity contribution in [3.8, 4) is 0 Å². The van der Waals surface area contributed by atoms with E-state index in [1.54, 1.807) is 12.1 Å². The van der Waals surface area contributed by atoms with Gasteiger partial charge in [-0.2, -0.15) is 0 Å². The second-order valence-electron chi connectivity index (χ2n) is 3.80. The summed E-state index contributed by atoms with van der Waals surface area (Å²) in [5, 5.41) is 5.22. The highest BCUT2D eigenvalue weighted by Gasteiger charge is 2.10. The summed E-state index contributed by atoms with van der Waals surface area (Å²) in [6.07, 6.45) is 1.36. The highest BCUT2D eigenvalue weighted by atomic mass is 79.9. The molecule has 0 aliphatic heterocycles. The predicted octanol–water partition coefficient (Wildman–Crippen LogP) is 2.39. The molecule has 0 fully saturated rings. The minimum atomic E-state index is -0.346. The molecule has 96 valence electrons. The molecule has 1 aromatic carbocycles. The van der Waals surface area contributed by atoms with Crippen LogP contribution in [0.25, 0.3) is 0 Å². The van der Waals surface area contributed by atoms with E-state index in [4.69, 9.17) is 0 Å². The largest absolute Gasteiger partial charge is 0.352 e. The van der Waals surface area contributed by atoms with Gasteiger partial charge in [-0.1, -0.05) is 12.1 Å². The molecule has 0 aromatic heterocycles. The molecular weight excluding hydrogens is 296 g/mol. The van der Waals surface area contributed by atoms with Crippen LogP contribution in [0.2, 0.25) is 0 Å². The van der Waals surface area contributed by atoms with Crippen molar-refractivity contribution in [2.24, 2.45) is 0 Å². The lowest BCUT2D eigenvalue weighted by Crippen LogP contribution is -2.28. The highest BCUT2D eigenvalue weighted by Crippen LogP contribution is 2.23. The molecule has 0 atom stereocenters. The second kappa shape index (κ2) is 6.96. The highest BCUT2D eigenvalue weighted by molar-refractivity contribution is 9.10. The molecule has 5 heteroatoms. The first-order valence-electron chi connectivity index (χ1n) is 5.46. The molecule has 1 aromatic rings. The standard InChI is InChI=1S/C13H15BrN2O2/c1-3-6-15-12(17)8-13(18)16-11-5-4-9(2)7-10(11)14/h3-5,7H,1,6,8H2,2H3,(H,15,17)(H,16,18). The first-order valence-corrected chi connectivity index (χ1v) is 6.26. The lowest BCUT2D eigenvalue weighted by Gasteiger charge is -2.08. The smallest absolute Gasteiger partial charge is 0.233 e. The molecule has 0 radical (unpaired) electrons. The Kier molecular flexibility index (Phi) is 5.58. The molecule has 1 rings (SSSR count). The maximum absolute atomic E-state index is 11.6. The van der Waals surface area contributed by atoms with Gasteiger partial charge < -0.3 is 10.6 Å². The van der Waals surface area contributed by atoms with E-state index in [9.17, 15) is 9.59 Å². The van der Waals surface area contributed by atoms with Gasteiger partial charge in [0.25, 0.3) is 0 Å². The summed E-state index contributed by atoms with van der Waals surface area (Å²) >= 11 is 3.36. The van der Waals surface area contributed by atoms with Gasteiger partial charge in [-0.25, -0.2) is 0 Å². The van der Waals surface area contributed by atoms with Crippen LogP contribution in [0.4, 0.5) is 5.69 Å². The van der Waals surface area contributed by atoms with Gasteiger partial charge in [-0.05, 0) is 40.5 Å². The summed E-state index contributed by atoms with van der Waals surface area (Å²) in [6.45, 7) is 5.80. The van der Waals surface area contributed by atoms with E-state index in [2.05, 4.69) is 33.1 Å². The maximum Gasteiger partial charge on any atom is 0.233 e. The van der Waals surface area contributed by atoms with Crippen LogP contribution in [-0.2, 0) is 9.59 Å². The van der Waals surface area contributed by atoms with Crippen LogP contribution in [0.5, 0.6) is 0 Å². The van der Waals surface area contributed by atoms with Crippen molar-refractivity contribution in [3.05, 3.63) is 40.9 Å². The van der Waals surface area contributed by atoms with Gasteiger partial charge in [-0.3, -0.25) is 9.59 Å². The molecule has 0 bridgehead atoms. The first-order chi connectivity index (χ1) is 8.52. The number of rotatable bonds is 5. The number of halogens is 1. The molecule has 0 heterocycles. The molecule has 0 aliphatic rings. The average molecular weight is 311 g/mol. The van der Waals surface area contributed by atoms with Crippen molar-refractivity contribution < 1.29 is 9.59 Å². The summed E-state index contributed by atoms with van der Waals surface area (Å²) in [7, 11) is 0. The molecule has 0 spiro atoms. The monoisotopic (exact) mass is 310 g/mol. The van der Waals surface area contributed by atoms with Crippen LogP contribution in [0.3, 0.4) is 0 Å². The van der Waals surface area contributed by atoms with Gasteiger partial charge >= 0.3 is 0 Å². The fourth-order valence-corrected chi connectivity index (χ4v) is 1.90. The van der Waals surface area contributed by atoms with E-state index in [0.717, 1.165) is 10.0 Å². The van der Waals surface area contributed by atoms with E-state index in [1.165, 1.54) is 0 Å². The fraction of sp³-hybridized carbons (Fsp3) is 0.231. The molecule has 0 unspecified atom stereocenters. The molecular formula is C13H15BrN2O2. The van der Waals surface area contributed by atoms with Gasteiger partial charge in [0.15, 0.2) is 0 Å². The third-order valence-corrected chi connectivity index (χ3v) is 2.82. The fourth-order valence-electron chi connectivity index (χ4n) is 1.31. The number of hydrogen-bond acceptors (Lipinski definition) is 2. The van der Waals surface area contributed by atoms with E-state index in [-0.39, 0.29) is 18.2 Å². The minimum Gasteiger partial charge on any atom is -0.352 e. The Morgan fingerprint density at radius 3 is 2.72 bits per heavy atom. The Morgan fingerprint density at radius 1 is 1.39 bits per heavy atom. The second-order valence-corrected chi connectivity index (χ2v) is 4.66. The topological polar surface area (TPSA) is 58.2 Å². The predicted molar refractivity (Wildman–Crippen MR) is 75.3 cm³/mol.